The summed E-state index contributed by atoms with van der Waals surface area (Å²) in [6.07, 6.45) is 1.32. The number of thiophene rings is 1. The Kier molecular flexibility index (Phi) is 5.57. The fourth-order valence-electron chi connectivity index (χ4n) is 2.87. The lowest BCUT2D eigenvalue weighted by atomic mass is 10.1. The number of benzene rings is 1. The van der Waals surface area contributed by atoms with E-state index in [4.69, 9.17) is 0 Å². The largest absolute Gasteiger partial charge is 0.383 e. The second-order valence-electron chi connectivity index (χ2n) is 6.59. The van der Waals surface area contributed by atoms with Gasteiger partial charge in [0.15, 0.2) is 0 Å². The van der Waals surface area contributed by atoms with Gasteiger partial charge in [0.05, 0.1) is 6.54 Å². The number of nitrogens with zero attached hydrogens (tertiary/aromatic N) is 1. The Morgan fingerprint density at radius 1 is 1.26 bits per heavy atom. The van der Waals surface area contributed by atoms with E-state index in [1.165, 1.54) is 11.3 Å². The van der Waals surface area contributed by atoms with Crippen molar-refractivity contribution in [1.82, 2.24) is 5.32 Å². The number of hydrogen-bond donors (Lipinski definition) is 3. The highest BCUT2D eigenvalue weighted by molar-refractivity contribution is 7.10. The minimum atomic E-state index is -1.25. The third-order valence-corrected chi connectivity index (χ3v) is 5.46. The van der Waals surface area contributed by atoms with Crippen LogP contribution >= 0.6 is 11.3 Å². The van der Waals surface area contributed by atoms with Crippen molar-refractivity contribution in [2.24, 2.45) is 0 Å². The number of hydrogen-bond acceptors (Lipinski definition) is 5. The van der Waals surface area contributed by atoms with Gasteiger partial charge in [-0.2, -0.15) is 0 Å². The van der Waals surface area contributed by atoms with Crippen LogP contribution in [0, 0.1) is 0 Å². The lowest BCUT2D eigenvalue weighted by Crippen LogP contribution is -2.43. The van der Waals surface area contributed by atoms with Crippen molar-refractivity contribution >= 4 is 40.4 Å². The van der Waals surface area contributed by atoms with Gasteiger partial charge in [0, 0.05) is 29.2 Å². The van der Waals surface area contributed by atoms with Gasteiger partial charge >= 0.3 is 11.8 Å². The van der Waals surface area contributed by atoms with E-state index in [1.807, 2.05) is 5.38 Å². The molecule has 1 fully saturated rings. The Labute approximate surface area is 161 Å². The monoisotopic (exact) mass is 387 g/mol. The third-order valence-electron chi connectivity index (χ3n) is 4.34. The molecule has 2 aromatic rings. The van der Waals surface area contributed by atoms with Crippen LogP contribution in [0.2, 0.25) is 0 Å². The zero-order valence-corrected chi connectivity index (χ0v) is 15.7. The van der Waals surface area contributed by atoms with Gasteiger partial charge in [-0.25, -0.2) is 0 Å². The molecule has 0 saturated carbocycles. The summed E-state index contributed by atoms with van der Waals surface area (Å²) in [5.74, 6) is -1.62. The van der Waals surface area contributed by atoms with E-state index in [9.17, 15) is 19.5 Å². The number of amides is 3. The van der Waals surface area contributed by atoms with Crippen LogP contribution in [0.15, 0.2) is 41.8 Å². The molecule has 3 rings (SSSR count). The summed E-state index contributed by atoms with van der Waals surface area (Å²) in [5, 5.41) is 17.2. The van der Waals surface area contributed by atoms with E-state index < -0.39 is 17.4 Å². The van der Waals surface area contributed by atoms with E-state index in [0.717, 1.165) is 6.42 Å². The number of nitrogens with one attached hydrogen (secondary N) is 2. The van der Waals surface area contributed by atoms with Crippen LogP contribution in [-0.2, 0) is 20.0 Å². The zero-order valence-electron chi connectivity index (χ0n) is 14.9. The van der Waals surface area contributed by atoms with Crippen LogP contribution in [0.1, 0.15) is 24.6 Å². The number of anilines is 2. The Bertz CT molecular complexity index is 848. The molecule has 0 bridgehead atoms. The minimum Gasteiger partial charge on any atom is -0.383 e. The molecule has 1 aliphatic heterocycles. The second-order valence-corrected chi connectivity index (χ2v) is 7.53. The molecule has 1 atom stereocenters. The normalized spacial score (nSPS) is 16.1. The molecule has 0 aliphatic carbocycles. The Morgan fingerprint density at radius 3 is 2.74 bits per heavy atom. The van der Waals surface area contributed by atoms with Gasteiger partial charge in [-0.3, -0.25) is 14.4 Å². The van der Waals surface area contributed by atoms with E-state index in [1.54, 1.807) is 48.2 Å². The number of carbonyl (C=O) groups is 3. The predicted molar refractivity (Wildman–Crippen MR) is 104 cm³/mol. The molecule has 0 unspecified atom stereocenters. The maximum atomic E-state index is 12.1. The van der Waals surface area contributed by atoms with Crippen molar-refractivity contribution in [3.05, 3.63) is 46.7 Å². The first-order valence-electron chi connectivity index (χ1n) is 8.63. The molecule has 3 N–H and O–H groups in total. The summed E-state index contributed by atoms with van der Waals surface area (Å²) in [4.78, 5) is 38.4. The minimum absolute atomic E-state index is 0.0482. The molecule has 1 aliphatic rings. The molecule has 3 amide bonds. The highest BCUT2D eigenvalue weighted by atomic mass is 32.1. The van der Waals surface area contributed by atoms with E-state index in [2.05, 4.69) is 10.6 Å². The van der Waals surface area contributed by atoms with Crippen LogP contribution in [0.25, 0.3) is 0 Å². The van der Waals surface area contributed by atoms with Crippen molar-refractivity contribution < 1.29 is 19.5 Å². The first-order chi connectivity index (χ1) is 12.9. The summed E-state index contributed by atoms with van der Waals surface area (Å²) in [5.41, 5.74) is -0.131. The lowest BCUT2D eigenvalue weighted by molar-refractivity contribution is -0.136. The summed E-state index contributed by atoms with van der Waals surface area (Å²) < 4.78 is 0. The van der Waals surface area contributed by atoms with Gasteiger partial charge in [0.25, 0.3) is 0 Å². The molecule has 0 radical (unpaired) electrons. The Hall–Kier alpha value is -2.71. The van der Waals surface area contributed by atoms with Crippen LogP contribution in [0.5, 0.6) is 0 Å². The van der Waals surface area contributed by atoms with Gasteiger partial charge < -0.3 is 20.6 Å². The molecule has 1 aromatic heterocycles. The van der Waals surface area contributed by atoms with Crippen LogP contribution < -0.4 is 15.5 Å². The highest BCUT2D eigenvalue weighted by Gasteiger charge is 2.26. The van der Waals surface area contributed by atoms with Crippen molar-refractivity contribution in [3.8, 4) is 0 Å². The Balaban J connectivity index is 1.58. The van der Waals surface area contributed by atoms with E-state index >= 15 is 0 Å². The van der Waals surface area contributed by atoms with Gasteiger partial charge in [0.2, 0.25) is 5.91 Å². The average molecular weight is 387 g/mol. The average Bonchev–Trinajstić information content (AvgIpc) is 3.32. The molecule has 8 heteroatoms. The molecule has 0 spiro atoms. The molecule has 2 heterocycles. The molecular formula is C19H21N3O4S. The van der Waals surface area contributed by atoms with E-state index in [0.29, 0.717) is 29.2 Å². The fourth-order valence-corrected chi connectivity index (χ4v) is 3.65. The van der Waals surface area contributed by atoms with Gasteiger partial charge in [-0.1, -0.05) is 12.1 Å². The van der Waals surface area contributed by atoms with Crippen molar-refractivity contribution in [1.29, 1.82) is 0 Å². The quantitative estimate of drug-likeness (QED) is 0.682. The summed E-state index contributed by atoms with van der Waals surface area (Å²) in [7, 11) is 0. The SMILES string of the molecule is C[C@](O)(CNC(=O)C(=O)Nc1cccc(N2CCCC2=O)c1)c1cccs1. The molecular weight excluding hydrogens is 366 g/mol. The van der Waals surface area contributed by atoms with Crippen LogP contribution in [-0.4, -0.2) is 35.9 Å². The predicted octanol–water partition coefficient (Wildman–Crippen LogP) is 1.84. The van der Waals surface area contributed by atoms with Crippen molar-refractivity contribution in [2.45, 2.75) is 25.4 Å². The maximum Gasteiger partial charge on any atom is 0.313 e. The van der Waals surface area contributed by atoms with Gasteiger partial charge in [0.1, 0.15) is 5.60 Å². The zero-order chi connectivity index (χ0) is 19.4. The van der Waals surface area contributed by atoms with Crippen molar-refractivity contribution in [3.63, 3.8) is 0 Å². The second kappa shape index (κ2) is 7.89. The smallest absolute Gasteiger partial charge is 0.313 e. The highest BCUT2D eigenvalue weighted by Crippen LogP contribution is 2.25. The molecule has 1 aromatic carbocycles. The lowest BCUT2D eigenvalue weighted by Gasteiger charge is -2.22. The third kappa shape index (κ3) is 4.53. The first kappa shape index (κ1) is 19.1. The summed E-state index contributed by atoms with van der Waals surface area (Å²) >= 11 is 1.37. The maximum absolute atomic E-state index is 12.1. The van der Waals surface area contributed by atoms with Gasteiger partial charge in [-0.05, 0) is 43.0 Å². The standard InChI is InChI=1S/C19H21N3O4S/c1-19(26,15-7-4-10-27-15)12-20-17(24)18(25)21-13-5-2-6-14(11-13)22-9-3-8-16(22)23/h2,4-7,10-11,26H,3,8-9,12H2,1H3,(H,20,24)(H,21,25)/t19-/m0/s1. The molecule has 1 saturated heterocycles. The van der Waals surface area contributed by atoms with Gasteiger partial charge in [-0.15, -0.1) is 11.3 Å². The molecule has 27 heavy (non-hydrogen) atoms. The van der Waals surface area contributed by atoms with Crippen LogP contribution in [0.4, 0.5) is 11.4 Å². The topological polar surface area (TPSA) is 98.7 Å². The fraction of sp³-hybridized carbons (Fsp3) is 0.316. The van der Waals surface area contributed by atoms with Crippen LogP contribution in [0.3, 0.4) is 0 Å². The summed E-state index contributed by atoms with van der Waals surface area (Å²) in [6.45, 7) is 2.14. The molecule has 142 valence electrons. The Morgan fingerprint density at radius 2 is 2.07 bits per heavy atom. The molecule has 7 nitrogen and oxygen atoms in total. The number of carbonyl (C=O) groups excluding carboxylic acids is 3. The first-order valence-corrected chi connectivity index (χ1v) is 9.51. The van der Waals surface area contributed by atoms with E-state index in [-0.39, 0.29) is 12.5 Å². The van der Waals surface area contributed by atoms with Crippen molar-refractivity contribution in [2.75, 3.05) is 23.3 Å². The summed E-state index contributed by atoms with van der Waals surface area (Å²) in [6, 6.07) is 10.4. The number of rotatable bonds is 5. The number of aliphatic hydroxyl groups is 1.